The first-order valence-corrected chi connectivity index (χ1v) is 6.97. The maximum atomic E-state index is 5.51. The van der Waals surface area contributed by atoms with E-state index >= 15 is 0 Å². The first kappa shape index (κ1) is 13.4. The predicted octanol–water partition coefficient (Wildman–Crippen LogP) is 1.70. The van der Waals surface area contributed by atoms with Crippen LogP contribution < -0.4 is 5.19 Å². The van der Waals surface area contributed by atoms with E-state index < -0.39 is 8.80 Å². The number of benzene rings is 1. The highest BCUT2D eigenvalue weighted by Crippen LogP contribution is 2.15. The molecule has 16 heavy (non-hydrogen) atoms. The van der Waals surface area contributed by atoms with Gasteiger partial charge in [0.25, 0.3) is 0 Å². The van der Waals surface area contributed by atoms with Crippen molar-refractivity contribution < 1.29 is 13.3 Å². The minimum atomic E-state index is -2.70. The molecule has 0 heterocycles. The smallest absolute Gasteiger partial charge is 0.373 e. The summed E-state index contributed by atoms with van der Waals surface area (Å²) in [6, 6.07) is 4.24. The molecule has 0 spiro atoms. The van der Waals surface area contributed by atoms with E-state index in [0.717, 1.165) is 5.19 Å². The van der Waals surface area contributed by atoms with E-state index in [2.05, 4.69) is 32.9 Å². The highest BCUT2D eigenvalue weighted by atomic mass is 28.4. The molecule has 0 saturated heterocycles. The summed E-state index contributed by atoms with van der Waals surface area (Å²) in [7, 11) is 2.20. The van der Waals surface area contributed by atoms with Gasteiger partial charge in [-0.1, -0.05) is 17.7 Å². The van der Waals surface area contributed by atoms with Gasteiger partial charge in [-0.2, -0.15) is 0 Å². The van der Waals surface area contributed by atoms with Gasteiger partial charge in [0, 0.05) is 26.5 Å². The van der Waals surface area contributed by atoms with Crippen LogP contribution in [0, 0.1) is 20.8 Å². The van der Waals surface area contributed by atoms with Crippen LogP contribution in [0.3, 0.4) is 0 Å². The molecule has 4 heteroatoms. The lowest BCUT2D eigenvalue weighted by atomic mass is 10.1. The zero-order valence-electron chi connectivity index (χ0n) is 10.9. The van der Waals surface area contributed by atoms with Crippen molar-refractivity contribution in [2.75, 3.05) is 21.3 Å². The summed E-state index contributed by atoms with van der Waals surface area (Å²) in [6.45, 7) is 6.23. The first-order chi connectivity index (χ1) is 7.50. The topological polar surface area (TPSA) is 27.7 Å². The van der Waals surface area contributed by atoms with Gasteiger partial charge < -0.3 is 13.3 Å². The van der Waals surface area contributed by atoms with Gasteiger partial charge in [0.15, 0.2) is 0 Å². The Labute approximate surface area is 98.7 Å². The van der Waals surface area contributed by atoms with Gasteiger partial charge in [0.05, 0.1) is 0 Å². The minimum absolute atomic E-state index is 1.05. The second kappa shape index (κ2) is 5.10. The van der Waals surface area contributed by atoms with E-state index in [-0.39, 0.29) is 0 Å². The number of rotatable bonds is 4. The second-order valence-electron chi connectivity index (χ2n) is 3.92. The van der Waals surface area contributed by atoms with Crippen molar-refractivity contribution in [1.29, 1.82) is 0 Å². The van der Waals surface area contributed by atoms with Gasteiger partial charge in [0.2, 0.25) is 0 Å². The first-order valence-electron chi connectivity index (χ1n) is 5.24. The van der Waals surface area contributed by atoms with Crippen molar-refractivity contribution in [2.24, 2.45) is 0 Å². The van der Waals surface area contributed by atoms with Crippen molar-refractivity contribution in [1.82, 2.24) is 0 Å². The van der Waals surface area contributed by atoms with Gasteiger partial charge in [0.1, 0.15) is 0 Å². The fourth-order valence-corrected chi connectivity index (χ4v) is 4.16. The SMILES string of the molecule is CO[Si](OC)(OC)c1cc(C)cc(C)c1C. The summed E-state index contributed by atoms with van der Waals surface area (Å²) in [5.41, 5.74) is 3.61. The molecular formula is C12H20O3Si. The van der Waals surface area contributed by atoms with Crippen LogP contribution in [0.2, 0.25) is 0 Å². The summed E-state index contributed by atoms with van der Waals surface area (Å²) >= 11 is 0. The highest BCUT2D eigenvalue weighted by Gasteiger charge is 2.42. The molecule has 0 aromatic heterocycles. The van der Waals surface area contributed by atoms with Gasteiger partial charge in [-0.15, -0.1) is 0 Å². The van der Waals surface area contributed by atoms with E-state index in [0.29, 0.717) is 0 Å². The Morgan fingerprint density at radius 2 is 1.38 bits per heavy atom. The summed E-state index contributed by atoms with van der Waals surface area (Å²) < 4.78 is 16.5. The monoisotopic (exact) mass is 240 g/mol. The molecule has 1 aromatic rings. The van der Waals surface area contributed by atoms with Crippen molar-refractivity contribution >= 4 is 14.0 Å². The Balaban J connectivity index is 3.40. The third-order valence-corrected chi connectivity index (χ3v) is 5.74. The average Bonchev–Trinajstić information content (AvgIpc) is 2.28. The maximum Gasteiger partial charge on any atom is 0.536 e. The lowest BCUT2D eigenvalue weighted by Gasteiger charge is -2.27. The van der Waals surface area contributed by atoms with Gasteiger partial charge in [-0.3, -0.25) is 0 Å². The van der Waals surface area contributed by atoms with Gasteiger partial charge in [-0.05, 0) is 31.9 Å². The maximum absolute atomic E-state index is 5.51. The third-order valence-electron chi connectivity index (χ3n) is 2.95. The molecule has 0 radical (unpaired) electrons. The Kier molecular flexibility index (Phi) is 4.26. The van der Waals surface area contributed by atoms with E-state index in [4.69, 9.17) is 13.3 Å². The molecule has 0 fully saturated rings. The van der Waals surface area contributed by atoms with Crippen LogP contribution in [0.25, 0.3) is 0 Å². The van der Waals surface area contributed by atoms with Crippen molar-refractivity contribution in [3.8, 4) is 0 Å². The van der Waals surface area contributed by atoms with Crippen LogP contribution in [0.5, 0.6) is 0 Å². The fraction of sp³-hybridized carbons (Fsp3) is 0.500. The largest absolute Gasteiger partial charge is 0.536 e. The van der Waals surface area contributed by atoms with Crippen LogP contribution in [0.15, 0.2) is 12.1 Å². The number of hydrogen-bond acceptors (Lipinski definition) is 3. The molecule has 0 aliphatic rings. The standard InChI is InChI=1S/C12H20O3Si/c1-9-7-10(2)11(3)12(8-9)16(13-4,14-5)15-6/h7-8H,1-6H3. The molecule has 0 N–H and O–H groups in total. The summed E-state index contributed by atoms with van der Waals surface area (Å²) in [5.74, 6) is 0. The number of hydrogen-bond donors (Lipinski definition) is 0. The average molecular weight is 240 g/mol. The summed E-state index contributed by atoms with van der Waals surface area (Å²) in [6.07, 6.45) is 0. The predicted molar refractivity (Wildman–Crippen MR) is 67.1 cm³/mol. The Morgan fingerprint density at radius 1 is 0.875 bits per heavy atom. The summed E-state index contributed by atoms with van der Waals surface area (Å²) in [5, 5.41) is 1.05. The lowest BCUT2D eigenvalue weighted by molar-refractivity contribution is 0.140. The molecule has 0 aliphatic heterocycles. The van der Waals surface area contributed by atoms with Gasteiger partial charge >= 0.3 is 8.80 Å². The van der Waals surface area contributed by atoms with E-state index in [1.807, 2.05) is 0 Å². The van der Waals surface area contributed by atoms with Gasteiger partial charge in [-0.25, -0.2) is 0 Å². The lowest BCUT2D eigenvalue weighted by Crippen LogP contribution is -2.56. The van der Waals surface area contributed by atoms with Crippen molar-refractivity contribution in [2.45, 2.75) is 20.8 Å². The molecule has 1 aromatic carbocycles. The molecule has 3 nitrogen and oxygen atoms in total. The number of aryl methyl sites for hydroxylation is 2. The third kappa shape index (κ3) is 2.20. The molecule has 0 unspecified atom stereocenters. The van der Waals surface area contributed by atoms with Crippen LogP contribution in [-0.4, -0.2) is 30.1 Å². The van der Waals surface area contributed by atoms with E-state index in [1.54, 1.807) is 21.3 Å². The quantitative estimate of drug-likeness (QED) is 0.750. The normalized spacial score (nSPS) is 11.9. The fourth-order valence-electron chi connectivity index (χ4n) is 1.94. The molecule has 0 aliphatic carbocycles. The highest BCUT2D eigenvalue weighted by molar-refractivity contribution is 6.75. The van der Waals surface area contributed by atoms with E-state index in [9.17, 15) is 0 Å². The van der Waals surface area contributed by atoms with Crippen LogP contribution in [0.1, 0.15) is 16.7 Å². The zero-order valence-corrected chi connectivity index (χ0v) is 11.9. The molecule has 0 saturated carbocycles. The molecule has 0 amide bonds. The van der Waals surface area contributed by atoms with Crippen molar-refractivity contribution in [3.05, 3.63) is 28.8 Å². The van der Waals surface area contributed by atoms with E-state index in [1.165, 1.54) is 16.7 Å². The Morgan fingerprint density at radius 3 is 1.81 bits per heavy atom. The van der Waals surface area contributed by atoms with Crippen LogP contribution in [0.4, 0.5) is 0 Å². The molecule has 0 atom stereocenters. The van der Waals surface area contributed by atoms with Crippen LogP contribution in [-0.2, 0) is 13.3 Å². The Hall–Kier alpha value is -0.683. The second-order valence-corrected chi connectivity index (χ2v) is 6.80. The van der Waals surface area contributed by atoms with Crippen molar-refractivity contribution in [3.63, 3.8) is 0 Å². The molecule has 1 rings (SSSR count). The summed E-state index contributed by atoms with van der Waals surface area (Å²) in [4.78, 5) is 0. The minimum Gasteiger partial charge on any atom is -0.373 e. The zero-order chi connectivity index (χ0) is 12.3. The van der Waals surface area contributed by atoms with Crippen LogP contribution >= 0.6 is 0 Å². The molecule has 90 valence electrons. The molecular weight excluding hydrogens is 220 g/mol. The Bertz CT molecular complexity index is 365. The molecule has 0 bridgehead atoms.